The third-order valence-corrected chi connectivity index (χ3v) is 1.21. The van der Waals surface area contributed by atoms with Gasteiger partial charge in [0.15, 0.2) is 5.67 Å². The molecule has 1 nitrogen and oxygen atoms in total. The smallest absolute Gasteiger partial charge is 0.291 e. The fraction of sp³-hybridized carbons (Fsp3) is 1.00. The molecule has 0 unspecified atom stereocenters. The number of hydrogen-bond acceptors (Lipinski definition) is 0. The predicted octanol–water partition coefficient (Wildman–Crippen LogP) is 1.20. The quantitative estimate of drug-likeness (QED) is 0.486. The van der Waals surface area contributed by atoms with E-state index in [0.717, 1.165) is 0 Å². The zero-order valence-electron chi connectivity index (χ0n) is 6.10. The Bertz CT molecular complexity index is 126. The van der Waals surface area contributed by atoms with Gasteiger partial charge < -0.3 is 0 Å². The minimum Gasteiger partial charge on any atom is -0.291 e. The molecule has 0 aliphatic carbocycles. The van der Waals surface area contributed by atoms with Crippen molar-refractivity contribution in [2.45, 2.75) is 31.5 Å². The lowest BCUT2D eigenvalue weighted by molar-refractivity contribution is -0.619. The Labute approximate surface area is 60.4 Å². The molecule has 0 heterocycles. The molecule has 68 valence electrons. The van der Waals surface area contributed by atoms with E-state index in [2.05, 4.69) is 0 Å². The highest BCUT2D eigenvalue weighted by atomic mass is 19.3. The Balaban J connectivity index is 4.75. The Hall–Kier alpha value is -0.390. The Morgan fingerprint density at radius 3 is 1.18 bits per heavy atom. The molecule has 3 N–H and O–H groups in total. The van der Waals surface area contributed by atoms with E-state index >= 15 is 0 Å². The second-order valence-corrected chi connectivity index (χ2v) is 2.75. The minimum atomic E-state index is -4.74. The molecule has 0 bridgehead atoms. The number of rotatable bonds is 2. The van der Waals surface area contributed by atoms with Crippen LogP contribution in [0.1, 0.15) is 13.8 Å². The first-order chi connectivity index (χ1) is 4.50. The molecule has 0 spiro atoms. The van der Waals surface area contributed by atoms with Gasteiger partial charge in [0.2, 0.25) is 0 Å². The highest BCUT2D eigenvalue weighted by Gasteiger charge is 2.67. The van der Waals surface area contributed by atoms with Gasteiger partial charge in [-0.1, -0.05) is 0 Å². The van der Waals surface area contributed by atoms with Crippen LogP contribution in [0.2, 0.25) is 0 Å². The van der Waals surface area contributed by atoms with Crippen LogP contribution in [-0.2, 0) is 0 Å². The van der Waals surface area contributed by atoms with Crippen molar-refractivity contribution < 1.29 is 27.7 Å². The van der Waals surface area contributed by atoms with Crippen molar-refractivity contribution in [1.29, 1.82) is 0 Å². The van der Waals surface area contributed by atoms with Gasteiger partial charge in [-0.15, -0.1) is 8.78 Å². The molecule has 0 aliphatic heterocycles. The van der Waals surface area contributed by atoms with Crippen LogP contribution >= 0.6 is 0 Å². The third kappa shape index (κ3) is 1.79. The van der Waals surface area contributed by atoms with E-state index in [1.165, 1.54) is 0 Å². The molecule has 0 rings (SSSR count). The lowest BCUT2D eigenvalue weighted by Crippen LogP contribution is -2.78. The SMILES string of the molecule is CC(C)(F)C(F)(F)C([NH3+])(F)F. The standard InChI is InChI=1S/C5H8F5N/c1-3(2,6)4(7,8)5(9,10)11/h11H2,1-2H3/p+1. The van der Waals surface area contributed by atoms with Crippen LogP contribution in [0.5, 0.6) is 0 Å². The van der Waals surface area contributed by atoms with Crippen molar-refractivity contribution in [3.63, 3.8) is 0 Å². The molecule has 0 amide bonds. The summed E-state index contributed by atoms with van der Waals surface area (Å²) in [6.45, 7) is 0.762. The van der Waals surface area contributed by atoms with Gasteiger partial charge in [-0.3, -0.25) is 5.73 Å². The first-order valence-corrected chi connectivity index (χ1v) is 2.80. The number of halogens is 5. The maximum atomic E-state index is 12.4. The van der Waals surface area contributed by atoms with E-state index in [4.69, 9.17) is 0 Å². The largest absolute Gasteiger partial charge is 0.453 e. The fourth-order valence-corrected chi connectivity index (χ4v) is 0.435. The van der Waals surface area contributed by atoms with E-state index in [-0.39, 0.29) is 0 Å². The second kappa shape index (κ2) is 2.30. The molecule has 0 aromatic rings. The van der Waals surface area contributed by atoms with Gasteiger partial charge in [-0.05, 0) is 13.8 Å². The second-order valence-electron chi connectivity index (χ2n) is 2.75. The van der Waals surface area contributed by atoms with Crippen LogP contribution in [0, 0.1) is 0 Å². The van der Waals surface area contributed by atoms with Crippen molar-refractivity contribution in [2.24, 2.45) is 0 Å². The highest BCUT2D eigenvalue weighted by Crippen LogP contribution is 2.39. The summed E-state index contributed by atoms with van der Waals surface area (Å²) in [5.41, 5.74) is -1.38. The molecular formula is C5H9F5N+. The Kier molecular flexibility index (Phi) is 2.22. The van der Waals surface area contributed by atoms with Gasteiger partial charge in [0.25, 0.3) is 0 Å². The fourth-order valence-electron chi connectivity index (χ4n) is 0.435. The third-order valence-electron chi connectivity index (χ3n) is 1.21. The maximum Gasteiger partial charge on any atom is 0.453 e. The van der Waals surface area contributed by atoms with E-state index in [1.54, 1.807) is 0 Å². The molecule has 0 saturated heterocycles. The number of alkyl halides is 5. The lowest BCUT2D eigenvalue weighted by atomic mass is 10.0. The van der Waals surface area contributed by atoms with Gasteiger partial charge in [0, 0.05) is 0 Å². The van der Waals surface area contributed by atoms with Crippen molar-refractivity contribution in [2.75, 3.05) is 0 Å². The summed E-state index contributed by atoms with van der Waals surface area (Å²) < 4.78 is 60.7. The number of quaternary nitrogens is 1. The number of hydrogen-bond donors (Lipinski definition) is 1. The summed E-state index contributed by atoms with van der Waals surface area (Å²) in [6.07, 6.45) is 0. The molecule has 0 saturated carbocycles. The van der Waals surface area contributed by atoms with Crippen LogP contribution < -0.4 is 5.73 Å². The van der Waals surface area contributed by atoms with Crippen LogP contribution in [0.4, 0.5) is 22.0 Å². The van der Waals surface area contributed by atoms with Crippen molar-refractivity contribution in [1.82, 2.24) is 0 Å². The van der Waals surface area contributed by atoms with Crippen LogP contribution in [0.25, 0.3) is 0 Å². The normalized spacial score (nSPS) is 15.3. The first kappa shape index (κ1) is 10.6. The average Bonchev–Trinajstić information content (AvgIpc) is 1.58. The average molecular weight is 178 g/mol. The monoisotopic (exact) mass is 178 g/mol. The maximum absolute atomic E-state index is 12.4. The van der Waals surface area contributed by atoms with Gasteiger partial charge in [-0.2, -0.15) is 8.78 Å². The minimum absolute atomic E-state index is 0.381. The highest BCUT2D eigenvalue weighted by molar-refractivity contribution is 4.90. The van der Waals surface area contributed by atoms with Gasteiger partial charge in [0.05, 0.1) is 0 Å². The topological polar surface area (TPSA) is 27.6 Å². The molecule has 6 heteroatoms. The van der Waals surface area contributed by atoms with Gasteiger partial charge in [0.1, 0.15) is 0 Å². The van der Waals surface area contributed by atoms with Crippen LogP contribution in [0.3, 0.4) is 0 Å². The Morgan fingerprint density at radius 1 is 0.909 bits per heavy atom. The summed E-state index contributed by atoms with van der Waals surface area (Å²) in [7, 11) is 0. The predicted molar refractivity (Wildman–Crippen MR) is 28.0 cm³/mol. The zero-order valence-corrected chi connectivity index (χ0v) is 6.10. The Morgan fingerprint density at radius 2 is 1.18 bits per heavy atom. The molecule has 0 radical (unpaired) electrons. The summed E-state index contributed by atoms with van der Waals surface area (Å²) in [6, 6.07) is -4.58. The first-order valence-electron chi connectivity index (χ1n) is 2.80. The molecule has 0 aromatic heterocycles. The zero-order chi connectivity index (χ0) is 9.50. The van der Waals surface area contributed by atoms with E-state index < -0.39 is 17.6 Å². The molecule has 0 aromatic carbocycles. The molecule has 0 fully saturated rings. The summed E-state index contributed by atoms with van der Waals surface area (Å²) in [4.78, 5) is 0. The van der Waals surface area contributed by atoms with Crippen molar-refractivity contribution in [3.05, 3.63) is 0 Å². The van der Waals surface area contributed by atoms with Gasteiger partial charge >= 0.3 is 12.0 Å². The molecule has 0 atom stereocenters. The summed E-state index contributed by atoms with van der Waals surface area (Å²) >= 11 is 0. The van der Waals surface area contributed by atoms with E-state index in [1.807, 2.05) is 5.73 Å². The lowest BCUT2D eigenvalue weighted by Gasteiger charge is -2.27. The van der Waals surface area contributed by atoms with E-state index in [0.29, 0.717) is 13.8 Å². The van der Waals surface area contributed by atoms with E-state index in [9.17, 15) is 22.0 Å². The molecular weight excluding hydrogens is 169 g/mol. The van der Waals surface area contributed by atoms with Crippen molar-refractivity contribution >= 4 is 0 Å². The molecule has 11 heavy (non-hydrogen) atoms. The van der Waals surface area contributed by atoms with Crippen LogP contribution in [0.15, 0.2) is 0 Å². The van der Waals surface area contributed by atoms with Crippen LogP contribution in [-0.4, -0.2) is 17.6 Å². The summed E-state index contributed by atoms with van der Waals surface area (Å²) in [5.74, 6) is -4.74. The van der Waals surface area contributed by atoms with Gasteiger partial charge in [-0.25, -0.2) is 4.39 Å². The summed E-state index contributed by atoms with van der Waals surface area (Å²) in [5, 5.41) is 0. The molecule has 0 aliphatic rings. The van der Waals surface area contributed by atoms with Crippen molar-refractivity contribution in [3.8, 4) is 0 Å².